The highest BCUT2D eigenvalue weighted by molar-refractivity contribution is 5.95. The third-order valence-corrected chi connectivity index (χ3v) is 6.35. The summed E-state index contributed by atoms with van der Waals surface area (Å²) < 4.78 is 8.61. The Kier molecular flexibility index (Phi) is 7.01. The summed E-state index contributed by atoms with van der Waals surface area (Å²) in [5.41, 5.74) is 10.7. The Labute approximate surface area is 201 Å². The van der Waals surface area contributed by atoms with Gasteiger partial charge in [-0.15, -0.1) is 0 Å². The van der Waals surface area contributed by atoms with Crippen LogP contribution in [0.2, 0.25) is 0 Å². The Morgan fingerprint density at radius 3 is 2.59 bits per heavy atom. The van der Waals surface area contributed by atoms with E-state index in [0.29, 0.717) is 5.84 Å². The normalized spacial score (nSPS) is 15.0. The van der Waals surface area contributed by atoms with Crippen molar-refractivity contribution < 1.29 is 4.74 Å². The van der Waals surface area contributed by atoms with Gasteiger partial charge in [0.15, 0.2) is 0 Å². The molecule has 1 saturated heterocycles. The van der Waals surface area contributed by atoms with Crippen molar-refractivity contribution in [3.8, 4) is 5.75 Å². The van der Waals surface area contributed by atoms with E-state index in [2.05, 4.69) is 35.5 Å². The number of amidine groups is 2. The Morgan fingerprint density at radius 1 is 1.15 bits per heavy atom. The van der Waals surface area contributed by atoms with Gasteiger partial charge in [-0.25, -0.2) is 4.98 Å². The number of fused-ring (bicyclic) bond motifs is 1. The van der Waals surface area contributed by atoms with Crippen LogP contribution >= 0.6 is 0 Å². The average molecular weight is 459 g/mol. The number of hydrogen-bond acceptors (Lipinski definition) is 4. The largest absolute Gasteiger partial charge is 0.490 e. The van der Waals surface area contributed by atoms with Crippen LogP contribution < -0.4 is 10.5 Å². The number of nitrogen functional groups attached to an aromatic ring is 1. The molecule has 0 atom stereocenters. The number of piperidine rings is 1. The highest BCUT2D eigenvalue weighted by Gasteiger charge is 2.21. The molecule has 0 amide bonds. The first kappa shape index (κ1) is 23.5. The van der Waals surface area contributed by atoms with Crippen LogP contribution in [0.25, 0.3) is 17.1 Å². The van der Waals surface area contributed by atoms with Crippen LogP contribution in [-0.4, -0.2) is 45.3 Å². The van der Waals surface area contributed by atoms with E-state index < -0.39 is 0 Å². The molecule has 34 heavy (non-hydrogen) atoms. The Morgan fingerprint density at radius 2 is 1.91 bits per heavy atom. The summed E-state index contributed by atoms with van der Waals surface area (Å²) >= 11 is 0. The number of hydrogen-bond donors (Lipinski definition) is 3. The number of benzene rings is 2. The lowest BCUT2D eigenvalue weighted by Crippen LogP contribution is -2.40. The highest BCUT2D eigenvalue weighted by Crippen LogP contribution is 2.26. The van der Waals surface area contributed by atoms with Gasteiger partial charge in [0, 0.05) is 50.5 Å². The van der Waals surface area contributed by atoms with Crippen molar-refractivity contribution in [3.05, 3.63) is 65.0 Å². The van der Waals surface area contributed by atoms with E-state index in [-0.39, 0.29) is 11.9 Å². The summed E-state index contributed by atoms with van der Waals surface area (Å²) in [6.45, 7) is 8.56. The number of allylic oxidation sites excluding steroid dienone is 1. The molecule has 4 rings (SSSR count). The fraction of sp³-hybridized carbons (Fsp3) is 0.370. The second-order valence-electron chi connectivity index (χ2n) is 9.04. The molecule has 1 aliphatic heterocycles. The van der Waals surface area contributed by atoms with Crippen LogP contribution in [0.3, 0.4) is 0 Å². The molecule has 0 bridgehead atoms. The van der Waals surface area contributed by atoms with Gasteiger partial charge < -0.3 is 19.9 Å². The molecule has 0 unspecified atom stereocenters. The molecule has 178 valence electrons. The number of nitrogens with zero attached hydrogens (tertiary/aromatic N) is 3. The topological polar surface area (TPSA) is 104 Å². The van der Waals surface area contributed by atoms with Crippen LogP contribution in [0.5, 0.6) is 5.75 Å². The summed E-state index contributed by atoms with van der Waals surface area (Å²) in [5.74, 6) is 2.63. The van der Waals surface area contributed by atoms with Crippen molar-refractivity contribution in [2.24, 2.45) is 5.73 Å². The number of nitrogens with one attached hydrogen (secondary N) is 2. The van der Waals surface area contributed by atoms with Gasteiger partial charge in [0.05, 0.1) is 16.9 Å². The van der Waals surface area contributed by atoms with Gasteiger partial charge in [0.25, 0.3) is 0 Å². The molecule has 4 N–H and O–H groups in total. The molecular formula is C27H34N6O. The Bertz CT molecular complexity index is 1230. The summed E-state index contributed by atoms with van der Waals surface area (Å²) in [5, 5.41) is 15.5. The van der Waals surface area contributed by atoms with E-state index >= 15 is 0 Å². The molecule has 1 aliphatic rings. The van der Waals surface area contributed by atoms with Gasteiger partial charge in [-0.3, -0.25) is 10.8 Å². The first-order chi connectivity index (χ1) is 16.3. The minimum atomic E-state index is 0.0768. The number of nitrogens with two attached hydrogens (primary N) is 1. The zero-order chi connectivity index (χ0) is 24.2. The van der Waals surface area contributed by atoms with E-state index in [1.165, 1.54) is 5.57 Å². The summed E-state index contributed by atoms with van der Waals surface area (Å²) in [4.78, 5) is 6.96. The van der Waals surface area contributed by atoms with Gasteiger partial charge in [0.2, 0.25) is 0 Å². The molecule has 1 fully saturated rings. The number of imidazole rings is 1. The zero-order valence-corrected chi connectivity index (χ0v) is 20.3. The zero-order valence-electron chi connectivity index (χ0n) is 20.3. The molecule has 7 heteroatoms. The molecule has 7 nitrogen and oxygen atoms in total. The predicted molar refractivity (Wildman–Crippen MR) is 139 cm³/mol. The predicted octanol–water partition coefficient (Wildman–Crippen LogP) is 4.83. The van der Waals surface area contributed by atoms with E-state index in [1.54, 1.807) is 0 Å². The minimum absolute atomic E-state index is 0.0768. The molecule has 3 aromatic rings. The first-order valence-electron chi connectivity index (χ1n) is 11.9. The van der Waals surface area contributed by atoms with Crippen molar-refractivity contribution >= 4 is 28.8 Å². The Balaban J connectivity index is 1.55. The van der Waals surface area contributed by atoms with Gasteiger partial charge in [-0.2, -0.15) is 0 Å². The van der Waals surface area contributed by atoms with Crippen molar-refractivity contribution in [3.63, 3.8) is 0 Å². The lowest BCUT2D eigenvalue weighted by atomic mass is 10.1. The second kappa shape index (κ2) is 10.1. The average Bonchev–Trinajstić information content (AvgIpc) is 3.16. The molecule has 0 radical (unpaired) electrons. The van der Waals surface area contributed by atoms with Crippen LogP contribution in [0.1, 0.15) is 50.6 Å². The minimum Gasteiger partial charge on any atom is -0.490 e. The van der Waals surface area contributed by atoms with E-state index in [9.17, 15) is 0 Å². The maximum Gasteiger partial charge on any atom is 0.122 e. The summed E-state index contributed by atoms with van der Waals surface area (Å²) in [6, 6.07) is 13.9. The van der Waals surface area contributed by atoms with Crippen molar-refractivity contribution in [1.82, 2.24) is 14.5 Å². The standard InChI is InChI=1S/C27H34N6O/c1-4-26-31-24-9-8-23(34-22-10-12-32(13-11-22)19(3)28)16-25(24)33(26)17-18(2)14-20-6-5-7-21(15-20)27(29)30/h5-9,14-16,22,28H,4,10-13,17H2,1-3H3,(H3,29,30)/b18-14+,28-19?. The SMILES string of the molecule is CCc1nc2ccc(OC3CCN(C(C)=N)CC3)cc2n1C/C(C)=C/c1cccc(C(=N)N)c1. The molecule has 1 aromatic heterocycles. The number of likely N-dealkylation sites (tertiary alicyclic amines) is 1. The third kappa shape index (κ3) is 5.30. The molecule has 2 aromatic carbocycles. The molecular weight excluding hydrogens is 424 g/mol. The lowest BCUT2D eigenvalue weighted by Gasteiger charge is -2.32. The van der Waals surface area contributed by atoms with Gasteiger partial charge in [-0.05, 0) is 37.6 Å². The van der Waals surface area contributed by atoms with Gasteiger partial charge in [-0.1, -0.05) is 36.8 Å². The lowest BCUT2D eigenvalue weighted by molar-refractivity contribution is 0.130. The van der Waals surface area contributed by atoms with Gasteiger partial charge >= 0.3 is 0 Å². The number of ether oxygens (including phenoxy) is 1. The fourth-order valence-corrected chi connectivity index (χ4v) is 4.55. The quantitative estimate of drug-likeness (QED) is 0.348. The van der Waals surface area contributed by atoms with Crippen LogP contribution in [-0.2, 0) is 13.0 Å². The van der Waals surface area contributed by atoms with E-state index in [4.69, 9.17) is 26.3 Å². The number of aromatic nitrogens is 2. The second-order valence-corrected chi connectivity index (χ2v) is 9.04. The number of rotatable bonds is 7. The smallest absolute Gasteiger partial charge is 0.122 e. The summed E-state index contributed by atoms with van der Waals surface area (Å²) in [7, 11) is 0. The maximum absolute atomic E-state index is 7.82. The molecule has 2 heterocycles. The maximum atomic E-state index is 7.82. The van der Waals surface area contributed by atoms with Crippen molar-refractivity contribution in [2.75, 3.05) is 13.1 Å². The van der Waals surface area contributed by atoms with Crippen LogP contribution in [0.4, 0.5) is 0 Å². The molecule has 0 saturated carbocycles. The first-order valence-corrected chi connectivity index (χ1v) is 11.9. The monoisotopic (exact) mass is 458 g/mol. The molecule has 0 aliphatic carbocycles. The third-order valence-electron chi connectivity index (χ3n) is 6.35. The van der Waals surface area contributed by atoms with Crippen LogP contribution in [0.15, 0.2) is 48.0 Å². The summed E-state index contributed by atoms with van der Waals surface area (Å²) in [6.07, 6.45) is 5.01. The van der Waals surface area contributed by atoms with E-state index in [1.807, 2.05) is 43.3 Å². The van der Waals surface area contributed by atoms with Crippen molar-refractivity contribution in [1.29, 1.82) is 10.8 Å². The van der Waals surface area contributed by atoms with E-state index in [0.717, 1.165) is 72.6 Å². The molecule has 0 spiro atoms. The fourth-order valence-electron chi connectivity index (χ4n) is 4.55. The van der Waals surface area contributed by atoms with Gasteiger partial charge in [0.1, 0.15) is 23.5 Å². The highest BCUT2D eigenvalue weighted by atomic mass is 16.5. The van der Waals surface area contributed by atoms with Crippen molar-refractivity contribution in [2.45, 2.75) is 52.7 Å². The number of aryl methyl sites for hydroxylation is 1. The Hall–Kier alpha value is -3.61. The van der Waals surface area contributed by atoms with Crippen LogP contribution in [0, 0.1) is 10.8 Å².